The second kappa shape index (κ2) is 12.2. The summed E-state index contributed by atoms with van der Waals surface area (Å²) >= 11 is 0. The molecule has 0 radical (unpaired) electrons. The van der Waals surface area contributed by atoms with E-state index in [0.29, 0.717) is 6.54 Å². The largest absolute Gasteiger partial charge is 0.465 e. The Morgan fingerprint density at radius 3 is 1.90 bits per heavy atom. The molecule has 0 saturated heterocycles. The highest BCUT2D eigenvalue weighted by atomic mass is 16.4. The van der Waals surface area contributed by atoms with Crippen LogP contribution in [0.15, 0.2) is 30.3 Å². The molecule has 3 nitrogen and oxygen atoms in total. The van der Waals surface area contributed by atoms with Crippen molar-refractivity contribution >= 4 is 6.09 Å². The number of benzene rings is 1. The Labute approximate surface area is 128 Å². The molecule has 0 aliphatic carbocycles. The molecule has 1 aromatic rings. The van der Waals surface area contributed by atoms with Gasteiger partial charge in [0.05, 0.1) is 0 Å². The Balaban J connectivity index is 1.78. The zero-order chi connectivity index (χ0) is 15.2. The van der Waals surface area contributed by atoms with Gasteiger partial charge < -0.3 is 10.4 Å². The topological polar surface area (TPSA) is 49.3 Å². The highest BCUT2D eigenvalue weighted by Gasteiger charge is 1.95. The number of hydrogen-bond donors (Lipinski definition) is 2. The summed E-state index contributed by atoms with van der Waals surface area (Å²) < 4.78 is 0. The van der Waals surface area contributed by atoms with E-state index in [4.69, 9.17) is 5.11 Å². The summed E-state index contributed by atoms with van der Waals surface area (Å²) in [4.78, 5) is 10.2. The molecule has 118 valence electrons. The monoisotopic (exact) mass is 291 g/mol. The molecule has 0 bridgehead atoms. The molecule has 0 aliphatic heterocycles. The van der Waals surface area contributed by atoms with Crippen LogP contribution < -0.4 is 5.32 Å². The lowest BCUT2D eigenvalue weighted by Crippen LogP contribution is -2.21. The van der Waals surface area contributed by atoms with Gasteiger partial charge in [-0.25, -0.2) is 4.79 Å². The van der Waals surface area contributed by atoms with Crippen molar-refractivity contribution in [2.75, 3.05) is 6.54 Å². The molecule has 0 unspecified atom stereocenters. The number of carbonyl (C=O) groups is 1. The minimum absolute atomic E-state index is 0.592. The number of carboxylic acid groups (broad SMARTS) is 1. The van der Waals surface area contributed by atoms with E-state index < -0.39 is 6.09 Å². The van der Waals surface area contributed by atoms with Gasteiger partial charge in [0.2, 0.25) is 0 Å². The second-order valence-corrected chi connectivity index (χ2v) is 5.65. The van der Waals surface area contributed by atoms with Crippen molar-refractivity contribution in [1.29, 1.82) is 0 Å². The smallest absolute Gasteiger partial charge is 0.404 e. The van der Waals surface area contributed by atoms with E-state index in [9.17, 15) is 4.79 Å². The zero-order valence-corrected chi connectivity index (χ0v) is 13.0. The van der Waals surface area contributed by atoms with Crippen molar-refractivity contribution in [3.8, 4) is 0 Å². The van der Waals surface area contributed by atoms with Gasteiger partial charge in [-0.2, -0.15) is 0 Å². The van der Waals surface area contributed by atoms with Crippen molar-refractivity contribution in [1.82, 2.24) is 5.32 Å². The van der Waals surface area contributed by atoms with Gasteiger partial charge in [0.1, 0.15) is 0 Å². The van der Waals surface area contributed by atoms with E-state index in [1.54, 1.807) is 0 Å². The minimum atomic E-state index is -0.912. The number of unbranched alkanes of at least 4 members (excludes halogenated alkanes) is 8. The molecule has 0 spiro atoms. The number of hydrogen-bond acceptors (Lipinski definition) is 1. The van der Waals surface area contributed by atoms with E-state index in [-0.39, 0.29) is 0 Å². The Hall–Kier alpha value is -1.51. The molecule has 1 amide bonds. The first-order chi connectivity index (χ1) is 10.3. The van der Waals surface area contributed by atoms with Crippen LogP contribution in [0, 0.1) is 0 Å². The third-order valence-electron chi connectivity index (χ3n) is 3.76. The van der Waals surface area contributed by atoms with Gasteiger partial charge in [-0.05, 0) is 24.8 Å². The molecule has 2 N–H and O–H groups in total. The van der Waals surface area contributed by atoms with Crippen LogP contribution in [0.1, 0.15) is 63.4 Å². The van der Waals surface area contributed by atoms with Crippen molar-refractivity contribution < 1.29 is 9.90 Å². The van der Waals surface area contributed by atoms with Gasteiger partial charge >= 0.3 is 6.09 Å². The summed E-state index contributed by atoms with van der Waals surface area (Å²) in [6, 6.07) is 10.7. The fourth-order valence-electron chi connectivity index (χ4n) is 2.53. The SMILES string of the molecule is O=C(O)NCCCCCCCCCCCc1ccccc1. The molecule has 0 atom stereocenters. The van der Waals surface area contributed by atoms with Gasteiger partial charge in [0.25, 0.3) is 0 Å². The maximum Gasteiger partial charge on any atom is 0.404 e. The average molecular weight is 291 g/mol. The Morgan fingerprint density at radius 1 is 0.810 bits per heavy atom. The van der Waals surface area contributed by atoms with Gasteiger partial charge in [-0.3, -0.25) is 0 Å². The number of amides is 1. The summed E-state index contributed by atoms with van der Waals surface area (Å²) in [6.07, 6.45) is 11.5. The Kier molecular flexibility index (Phi) is 10.2. The first-order valence-electron chi connectivity index (χ1n) is 8.30. The van der Waals surface area contributed by atoms with Crippen molar-refractivity contribution in [2.24, 2.45) is 0 Å². The average Bonchev–Trinajstić information content (AvgIpc) is 2.49. The van der Waals surface area contributed by atoms with Crippen LogP contribution in [-0.4, -0.2) is 17.7 Å². The van der Waals surface area contributed by atoms with Crippen LogP contribution in [0.2, 0.25) is 0 Å². The summed E-state index contributed by atoms with van der Waals surface area (Å²) in [5.41, 5.74) is 1.45. The maximum absolute atomic E-state index is 10.2. The molecule has 1 aromatic carbocycles. The fraction of sp³-hybridized carbons (Fsp3) is 0.611. The Morgan fingerprint density at radius 2 is 1.33 bits per heavy atom. The van der Waals surface area contributed by atoms with Gasteiger partial charge in [0.15, 0.2) is 0 Å². The summed E-state index contributed by atoms with van der Waals surface area (Å²) in [5.74, 6) is 0. The van der Waals surface area contributed by atoms with Crippen LogP contribution in [0.3, 0.4) is 0 Å². The van der Waals surface area contributed by atoms with Gasteiger partial charge in [-0.15, -0.1) is 0 Å². The van der Waals surface area contributed by atoms with Crippen LogP contribution >= 0.6 is 0 Å². The molecule has 3 heteroatoms. The molecule has 0 aromatic heterocycles. The highest BCUT2D eigenvalue weighted by molar-refractivity contribution is 5.64. The molecular weight excluding hydrogens is 262 g/mol. The Bertz CT molecular complexity index is 365. The normalized spacial score (nSPS) is 10.5. The quantitative estimate of drug-likeness (QED) is 0.532. The van der Waals surface area contributed by atoms with Crippen molar-refractivity contribution in [2.45, 2.75) is 64.2 Å². The van der Waals surface area contributed by atoms with Crippen LogP contribution in [-0.2, 0) is 6.42 Å². The third kappa shape index (κ3) is 10.9. The standard InChI is InChI=1S/C18H29NO2/c20-18(21)19-16-12-7-5-3-1-2-4-6-9-13-17-14-10-8-11-15-17/h8,10-11,14-15,19H,1-7,9,12-13,16H2,(H,20,21). The van der Waals surface area contributed by atoms with Gasteiger partial charge in [-0.1, -0.05) is 75.3 Å². The van der Waals surface area contributed by atoms with Crippen LogP contribution in [0.4, 0.5) is 4.79 Å². The van der Waals surface area contributed by atoms with Crippen LogP contribution in [0.25, 0.3) is 0 Å². The molecule has 0 fully saturated rings. The first-order valence-corrected chi connectivity index (χ1v) is 8.30. The summed E-state index contributed by atoms with van der Waals surface area (Å²) in [5, 5.41) is 10.8. The predicted molar refractivity (Wildman–Crippen MR) is 87.7 cm³/mol. The van der Waals surface area contributed by atoms with E-state index in [2.05, 4.69) is 35.6 Å². The number of aryl methyl sites for hydroxylation is 1. The highest BCUT2D eigenvalue weighted by Crippen LogP contribution is 2.11. The number of nitrogens with one attached hydrogen (secondary N) is 1. The molecular formula is C18H29NO2. The van der Waals surface area contributed by atoms with Crippen molar-refractivity contribution in [3.05, 3.63) is 35.9 Å². The fourth-order valence-corrected chi connectivity index (χ4v) is 2.53. The molecule has 0 heterocycles. The second-order valence-electron chi connectivity index (χ2n) is 5.65. The van der Waals surface area contributed by atoms with Crippen LogP contribution in [0.5, 0.6) is 0 Å². The van der Waals surface area contributed by atoms with E-state index in [1.165, 1.54) is 56.9 Å². The first kappa shape index (κ1) is 17.5. The summed E-state index contributed by atoms with van der Waals surface area (Å²) in [7, 11) is 0. The minimum Gasteiger partial charge on any atom is -0.465 e. The lowest BCUT2D eigenvalue weighted by Gasteiger charge is -2.03. The molecule has 0 saturated carbocycles. The lowest BCUT2D eigenvalue weighted by atomic mass is 10.0. The lowest BCUT2D eigenvalue weighted by molar-refractivity contribution is 0.194. The van der Waals surface area contributed by atoms with Gasteiger partial charge in [0, 0.05) is 6.54 Å². The third-order valence-corrected chi connectivity index (χ3v) is 3.76. The van der Waals surface area contributed by atoms with E-state index >= 15 is 0 Å². The molecule has 21 heavy (non-hydrogen) atoms. The zero-order valence-electron chi connectivity index (χ0n) is 13.0. The van der Waals surface area contributed by atoms with Crippen molar-refractivity contribution in [3.63, 3.8) is 0 Å². The molecule has 0 aliphatic rings. The van der Waals surface area contributed by atoms with E-state index in [0.717, 1.165) is 12.8 Å². The molecule has 1 rings (SSSR count). The predicted octanol–water partition coefficient (Wildman–Crippen LogP) is 5.01. The maximum atomic E-state index is 10.2. The number of rotatable bonds is 12. The van der Waals surface area contributed by atoms with E-state index in [1.807, 2.05) is 0 Å². The summed E-state index contributed by atoms with van der Waals surface area (Å²) in [6.45, 7) is 0.592.